The fraction of sp³-hybridized carbons (Fsp3) is 0.133. The number of aromatic nitrogens is 1. The van der Waals surface area contributed by atoms with Crippen LogP contribution in [0.3, 0.4) is 0 Å². The van der Waals surface area contributed by atoms with E-state index in [1.54, 1.807) is 13.2 Å². The van der Waals surface area contributed by atoms with Crippen LogP contribution in [0, 0.1) is 0 Å². The summed E-state index contributed by atoms with van der Waals surface area (Å²) in [5, 5.41) is 2.09. The number of methoxy groups -OCH3 is 1. The quantitative estimate of drug-likeness (QED) is 0.754. The van der Waals surface area contributed by atoms with Gasteiger partial charge < -0.3 is 15.5 Å². The molecular formula is C15H14N2O2. The van der Waals surface area contributed by atoms with Crippen LogP contribution in [0.5, 0.6) is 0 Å². The molecule has 1 amide bonds. The maximum absolute atomic E-state index is 11.4. The summed E-state index contributed by atoms with van der Waals surface area (Å²) in [5.74, 6) is -0.422. The van der Waals surface area contributed by atoms with Crippen LogP contribution >= 0.6 is 0 Å². The van der Waals surface area contributed by atoms with Gasteiger partial charge in [0, 0.05) is 23.4 Å². The smallest absolute Gasteiger partial charge is 0.250 e. The third kappa shape index (κ3) is 1.86. The lowest BCUT2D eigenvalue weighted by atomic mass is 10.1. The number of fused-ring (bicyclic) bond motifs is 3. The van der Waals surface area contributed by atoms with Crippen molar-refractivity contribution >= 4 is 27.7 Å². The minimum Gasteiger partial charge on any atom is -0.380 e. The number of carbonyl (C=O) groups is 1. The number of aromatic amines is 1. The molecule has 2 aromatic carbocycles. The predicted octanol–water partition coefficient (Wildman–Crippen LogP) is 2.57. The van der Waals surface area contributed by atoms with E-state index < -0.39 is 5.91 Å². The number of rotatable bonds is 3. The van der Waals surface area contributed by atoms with Crippen molar-refractivity contribution in [1.82, 2.24) is 4.98 Å². The van der Waals surface area contributed by atoms with Gasteiger partial charge in [0.2, 0.25) is 0 Å². The second-order valence-electron chi connectivity index (χ2n) is 4.53. The zero-order valence-electron chi connectivity index (χ0n) is 10.6. The molecule has 4 heteroatoms. The highest BCUT2D eigenvalue weighted by Gasteiger charge is 2.11. The van der Waals surface area contributed by atoms with E-state index in [0.717, 1.165) is 27.4 Å². The number of hydrogen-bond acceptors (Lipinski definition) is 2. The molecule has 0 aliphatic rings. The van der Waals surface area contributed by atoms with Gasteiger partial charge in [-0.1, -0.05) is 24.3 Å². The maximum atomic E-state index is 11.4. The van der Waals surface area contributed by atoms with Crippen LogP contribution in [0.25, 0.3) is 21.8 Å². The lowest BCUT2D eigenvalue weighted by molar-refractivity contribution is 0.100. The lowest BCUT2D eigenvalue weighted by Gasteiger charge is -1.99. The fourth-order valence-corrected chi connectivity index (χ4v) is 2.44. The molecule has 3 aromatic rings. The van der Waals surface area contributed by atoms with Crippen molar-refractivity contribution in [2.75, 3.05) is 7.11 Å². The number of nitrogens with two attached hydrogens (primary N) is 1. The molecule has 3 N–H and O–H groups in total. The number of ether oxygens (including phenoxy) is 1. The molecule has 0 spiro atoms. The maximum Gasteiger partial charge on any atom is 0.250 e. The van der Waals surface area contributed by atoms with Crippen molar-refractivity contribution in [1.29, 1.82) is 0 Å². The molecule has 0 unspecified atom stereocenters. The van der Waals surface area contributed by atoms with Crippen LogP contribution in [-0.2, 0) is 11.3 Å². The number of para-hydroxylation sites is 1. The Morgan fingerprint density at radius 1 is 1.26 bits per heavy atom. The van der Waals surface area contributed by atoms with Crippen LogP contribution in [0.15, 0.2) is 36.4 Å². The Morgan fingerprint density at radius 2 is 2.11 bits per heavy atom. The van der Waals surface area contributed by atoms with Gasteiger partial charge in [0.15, 0.2) is 0 Å². The minimum absolute atomic E-state index is 0.422. The van der Waals surface area contributed by atoms with E-state index >= 15 is 0 Å². The Labute approximate surface area is 110 Å². The fourth-order valence-electron chi connectivity index (χ4n) is 2.44. The van der Waals surface area contributed by atoms with Crippen LogP contribution < -0.4 is 5.73 Å². The van der Waals surface area contributed by atoms with Gasteiger partial charge in [0.1, 0.15) is 0 Å². The number of benzene rings is 2. The molecule has 1 aromatic heterocycles. The van der Waals surface area contributed by atoms with Gasteiger partial charge in [0.05, 0.1) is 17.7 Å². The number of amides is 1. The molecule has 0 aliphatic heterocycles. The molecule has 0 bridgehead atoms. The molecular weight excluding hydrogens is 240 g/mol. The molecule has 0 fully saturated rings. The van der Waals surface area contributed by atoms with Crippen molar-refractivity contribution in [3.63, 3.8) is 0 Å². The van der Waals surface area contributed by atoms with Crippen molar-refractivity contribution in [2.24, 2.45) is 5.73 Å². The van der Waals surface area contributed by atoms with Crippen LogP contribution in [-0.4, -0.2) is 18.0 Å². The summed E-state index contributed by atoms with van der Waals surface area (Å²) in [6.07, 6.45) is 0. The van der Waals surface area contributed by atoms with E-state index in [-0.39, 0.29) is 0 Å². The van der Waals surface area contributed by atoms with E-state index in [1.165, 1.54) is 0 Å². The molecule has 3 rings (SSSR count). The Morgan fingerprint density at radius 3 is 2.84 bits per heavy atom. The SMILES string of the molecule is COCc1ccc2c(c1)[nH]c1c(C(N)=O)cccc12. The van der Waals surface area contributed by atoms with E-state index in [1.807, 2.05) is 30.3 Å². The summed E-state index contributed by atoms with van der Waals surface area (Å²) in [6, 6.07) is 11.7. The van der Waals surface area contributed by atoms with Gasteiger partial charge in [-0.15, -0.1) is 0 Å². The zero-order chi connectivity index (χ0) is 13.4. The third-order valence-electron chi connectivity index (χ3n) is 3.27. The van der Waals surface area contributed by atoms with Gasteiger partial charge in [-0.3, -0.25) is 4.79 Å². The highest BCUT2D eigenvalue weighted by molar-refractivity contribution is 6.14. The zero-order valence-corrected chi connectivity index (χ0v) is 10.6. The average Bonchev–Trinajstić information content (AvgIpc) is 2.76. The lowest BCUT2D eigenvalue weighted by Crippen LogP contribution is -2.11. The first kappa shape index (κ1) is 11.7. The van der Waals surface area contributed by atoms with Gasteiger partial charge in [-0.25, -0.2) is 0 Å². The molecule has 0 aliphatic carbocycles. The first-order chi connectivity index (χ1) is 9.20. The molecule has 4 nitrogen and oxygen atoms in total. The topological polar surface area (TPSA) is 68.1 Å². The summed E-state index contributed by atoms with van der Waals surface area (Å²) in [5.41, 5.74) is 8.78. The standard InChI is InChI=1S/C15H14N2O2/c1-19-8-9-5-6-10-11-3-2-4-12(15(16)18)14(11)17-13(10)7-9/h2-7,17H,8H2,1H3,(H2,16,18). The first-order valence-corrected chi connectivity index (χ1v) is 6.03. The normalized spacial score (nSPS) is 11.2. The summed E-state index contributed by atoms with van der Waals surface area (Å²) < 4.78 is 5.12. The number of H-pyrrole nitrogens is 1. The Balaban J connectivity index is 2.31. The number of carbonyl (C=O) groups excluding carboxylic acids is 1. The van der Waals surface area contributed by atoms with E-state index in [2.05, 4.69) is 4.98 Å². The molecule has 0 saturated carbocycles. The highest BCUT2D eigenvalue weighted by Crippen LogP contribution is 2.28. The molecule has 96 valence electrons. The second kappa shape index (κ2) is 4.40. The molecule has 1 heterocycles. The van der Waals surface area contributed by atoms with Gasteiger partial charge >= 0.3 is 0 Å². The van der Waals surface area contributed by atoms with E-state index in [9.17, 15) is 4.79 Å². The highest BCUT2D eigenvalue weighted by atomic mass is 16.5. The number of nitrogens with one attached hydrogen (secondary N) is 1. The van der Waals surface area contributed by atoms with Crippen molar-refractivity contribution in [3.05, 3.63) is 47.5 Å². The van der Waals surface area contributed by atoms with Crippen LogP contribution in [0.2, 0.25) is 0 Å². The Hall–Kier alpha value is -2.33. The predicted molar refractivity (Wildman–Crippen MR) is 75.0 cm³/mol. The van der Waals surface area contributed by atoms with Gasteiger partial charge in [-0.2, -0.15) is 0 Å². The summed E-state index contributed by atoms with van der Waals surface area (Å²) in [4.78, 5) is 14.7. The largest absolute Gasteiger partial charge is 0.380 e. The summed E-state index contributed by atoms with van der Waals surface area (Å²) >= 11 is 0. The summed E-state index contributed by atoms with van der Waals surface area (Å²) in [6.45, 7) is 0.563. The minimum atomic E-state index is -0.422. The molecule has 0 radical (unpaired) electrons. The second-order valence-corrected chi connectivity index (χ2v) is 4.53. The van der Waals surface area contributed by atoms with Gasteiger partial charge in [-0.05, 0) is 17.7 Å². The number of primary amides is 1. The van der Waals surface area contributed by atoms with Crippen LogP contribution in [0.1, 0.15) is 15.9 Å². The third-order valence-corrected chi connectivity index (χ3v) is 3.27. The van der Waals surface area contributed by atoms with Gasteiger partial charge in [0.25, 0.3) is 5.91 Å². The Bertz CT molecular complexity index is 774. The first-order valence-electron chi connectivity index (χ1n) is 6.03. The number of hydrogen-bond donors (Lipinski definition) is 2. The average molecular weight is 254 g/mol. The summed E-state index contributed by atoms with van der Waals surface area (Å²) in [7, 11) is 1.67. The monoisotopic (exact) mass is 254 g/mol. The molecule has 0 atom stereocenters. The molecule has 19 heavy (non-hydrogen) atoms. The van der Waals surface area contributed by atoms with Crippen molar-refractivity contribution in [2.45, 2.75) is 6.61 Å². The van der Waals surface area contributed by atoms with Crippen molar-refractivity contribution in [3.8, 4) is 0 Å². The van der Waals surface area contributed by atoms with Crippen LogP contribution in [0.4, 0.5) is 0 Å². The van der Waals surface area contributed by atoms with Crippen molar-refractivity contribution < 1.29 is 9.53 Å². The molecule has 0 saturated heterocycles. The Kier molecular flexibility index (Phi) is 2.72. The van der Waals surface area contributed by atoms with E-state index in [0.29, 0.717) is 12.2 Å². The van der Waals surface area contributed by atoms with E-state index in [4.69, 9.17) is 10.5 Å².